The molecule has 110 valence electrons. The van der Waals surface area contributed by atoms with Crippen molar-refractivity contribution < 1.29 is 4.79 Å². The molecule has 0 bridgehead atoms. The molecule has 1 amide bonds. The minimum absolute atomic E-state index is 0.305. The maximum Gasteiger partial charge on any atom is 0.250 e. The average molecular weight is 296 g/mol. The summed E-state index contributed by atoms with van der Waals surface area (Å²) in [6, 6.07) is 3.22. The lowest BCUT2D eigenvalue weighted by molar-refractivity contribution is 0.100. The Morgan fingerprint density at radius 1 is 1.40 bits per heavy atom. The van der Waals surface area contributed by atoms with Gasteiger partial charge in [-0.3, -0.25) is 4.79 Å². The number of halogens is 1. The molecule has 0 aromatic heterocycles. The quantitative estimate of drug-likeness (QED) is 0.728. The fourth-order valence-electron chi connectivity index (χ4n) is 3.06. The molecule has 0 heterocycles. The van der Waals surface area contributed by atoms with Gasteiger partial charge in [0.05, 0.1) is 16.3 Å². The molecule has 5 heteroatoms. The molecule has 1 aliphatic rings. The number of nitrogen functional groups attached to an aromatic ring is 1. The van der Waals surface area contributed by atoms with Crippen LogP contribution in [-0.2, 0) is 0 Å². The van der Waals surface area contributed by atoms with Crippen molar-refractivity contribution in [3.05, 3.63) is 22.7 Å². The molecule has 1 aromatic rings. The molecule has 1 fully saturated rings. The van der Waals surface area contributed by atoms with Crippen LogP contribution in [0.15, 0.2) is 12.1 Å². The van der Waals surface area contributed by atoms with Crippen molar-refractivity contribution in [2.45, 2.75) is 39.0 Å². The molecular formula is C15H22ClN3O. The van der Waals surface area contributed by atoms with E-state index < -0.39 is 5.91 Å². The molecule has 0 radical (unpaired) electrons. The maximum absolute atomic E-state index is 11.5. The van der Waals surface area contributed by atoms with Gasteiger partial charge in [-0.05, 0) is 36.8 Å². The van der Waals surface area contributed by atoms with Crippen LogP contribution in [-0.4, -0.2) is 12.5 Å². The molecule has 5 N–H and O–H groups in total. The summed E-state index contributed by atoms with van der Waals surface area (Å²) in [5, 5.41) is 3.78. The number of anilines is 2. The number of rotatable bonds is 5. The molecule has 0 saturated heterocycles. The standard InChI is InChI=1S/C15H22ClN3O/c1-2-15(5-3-4-6-15)9-19-13-11(14(18)20)7-10(17)8-12(13)16/h7-8,19H,2-6,9,17H2,1H3,(H2,18,20). The SMILES string of the molecule is CCC1(CNc2c(Cl)cc(N)cc2C(N)=O)CCCC1. The Hall–Kier alpha value is -1.42. The number of carbonyl (C=O) groups is 1. The van der Waals surface area contributed by atoms with Gasteiger partial charge in [-0.25, -0.2) is 0 Å². The highest BCUT2D eigenvalue weighted by Crippen LogP contribution is 2.41. The molecule has 1 aromatic carbocycles. The summed E-state index contributed by atoms with van der Waals surface area (Å²) in [5.41, 5.74) is 12.8. The Kier molecular flexibility index (Phi) is 4.43. The minimum atomic E-state index is -0.515. The number of nitrogens with two attached hydrogens (primary N) is 2. The molecule has 1 saturated carbocycles. The third-order valence-electron chi connectivity index (χ3n) is 4.43. The second-order valence-corrected chi connectivity index (χ2v) is 6.11. The molecule has 20 heavy (non-hydrogen) atoms. The van der Waals surface area contributed by atoms with Crippen molar-refractivity contribution in [1.29, 1.82) is 0 Å². The van der Waals surface area contributed by atoms with Gasteiger partial charge in [0.25, 0.3) is 5.91 Å². The summed E-state index contributed by atoms with van der Waals surface area (Å²) in [5.74, 6) is -0.515. The second-order valence-electron chi connectivity index (χ2n) is 5.70. The van der Waals surface area contributed by atoms with E-state index in [1.165, 1.54) is 25.7 Å². The van der Waals surface area contributed by atoms with Crippen LogP contribution in [0.4, 0.5) is 11.4 Å². The summed E-state index contributed by atoms with van der Waals surface area (Å²) in [4.78, 5) is 11.5. The largest absolute Gasteiger partial charge is 0.399 e. The third kappa shape index (κ3) is 3.01. The number of carbonyl (C=O) groups excluding carboxylic acids is 1. The first-order valence-electron chi connectivity index (χ1n) is 7.10. The van der Waals surface area contributed by atoms with E-state index in [-0.39, 0.29) is 0 Å². The minimum Gasteiger partial charge on any atom is -0.399 e. The van der Waals surface area contributed by atoms with Crippen LogP contribution in [0.25, 0.3) is 0 Å². The maximum atomic E-state index is 11.5. The van der Waals surface area contributed by atoms with Crippen LogP contribution in [0.1, 0.15) is 49.4 Å². The topological polar surface area (TPSA) is 81.1 Å². The zero-order chi connectivity index (χ0) is 14.8. The van der Waals surface area contributed by atoms with Gasteiger partial charge < -0.3 is 16.8 Å². The molecule has 1 aliphatic carbocycles. The van der Waals surface area contributed by atoms with Gasteiger partial charge in [-0.15, -0.1) is 0 Å². The van der Waals surface area contributed by atoms with Crippen LogP contribution >= 0.6 is 11.6 Å². The lowest BCUT2D eigenvalue weighted by Gasteiger charge is -2.29. The molecule has 0 spiro atoms. The number of hydrogen-bond donors (Lipinski definition) is 3. The van der Waals surface area contributed by atoms with Gasteiger partial charge in [0.15, 0.2) is 0 Å². The lowest BCUT2D eigenvalue weighted by Crippen LogP contribution is -2.27. The Bertz CT molecular complexity index is 510. The van der Waals surface area contributed by atoms with Crippen molar-refractivity contribution >= 4 is 28.9 Å². The second kappa shape index (κ2) is 5.92. The summed E-state index contributed by atoms with van der Waals surface area (Å²) >= 11 is 6.20. The van der Waals surface area contributed by atoms with Crippen molar-refractivity contribution in [2.75, 3.05) is 17.6 Å². The predicted octanol–water partition coefficient (Wildman–Crippen LogP) is 3.40. The zero-order valence-electron chi connectivity index (χ0n) is 11.8. The summed E-state index contributed by atoms with van der Waals surface area (Å²) in [6.45, 7) is 3.03. The van der Waals surface area contributed by atoms with Gasteiger partial charge in [-0.1, -0.05) is 31.4 Å². The Labute approximate surface area is 124 Å². The Morgan fingerprint density at radius 3 is 2.60 bits per heavy atom. The van der Waals surface area contributed by atoms with Crippen molar-refractivity contribution in [2.24, 2.45) is 11.1 Å². The van der Waals surface area contributed by atoms with E-state index in [4.69, 9.17) is 23.1 Å². The normalized spacial score (nSPS) is 17.1. The van der Waals surface area contributed by atoms with E-state index in [0.29, 0.717) is 27.4 Å². The summed E-state index contributed by atoms with van der Waals surface area (Å²) < 4.78 is 0. The Balaban J connectivity index is 2.22. The molecule has 2 rings (SSSR count). The van der Waals surface area contributed by atoms with Gasteiger partial charge in [0.2, 0.25) is 0 Å². The predicted molar refractivity (Wildman–Crippen MR) is 84.1 cm³/mol. The first-order valence-corrected chi connectivity index (χ1v) is 7.48. The molecule has 0 unspecified atom stereocenters. The smallest absolute Gasteiger partial charge is 0.250 e. The number of nitrogens with one attached hydrogen (secondary N) is 1. The monoisotopic (exact) mass is 295 g/mol. The van der Waals surface area contributed by atoms with E-state index in [9.17, 15) is 4.79 Å². The zero-order valence-corrected chi connectivity index (χ0v) is 12.6. The van der Waals surface area contributed by atoms with E-state index in [1.54, 1.807) is 12.1 Å². The molecular weight excluding hydrogens is 274 g/mol. The highest BCUT2D eigenvalue weighted by molar-refractivity contribution is 6.34. The highest BCUT2D eigenvalue weighted by Gasteiger charge is 2.32. The highest BCUT2D eigenvalue weighted by atomic mass is 35.5. The number of hydrogen-bond acceptors (Lipinski definition) is 3. The average Bonchev–Trinajstić information content (AvgIpc) is 2.86. The van der Waals surface area contributed by atoms with E-state index >= 15 is 0 Å². The number of benzene rings is 1. The van der Waals surface area contributed by atoms with Gasteiger partial charge in [0.1, 0.15) is 0 Å². The van der Waals surface area contributed by atoms with E-state index in [0.717, 1.165) is 13.0 Å². The van der Waals surface area contributed by atoms with Crippen LogP contribution < -0.4 is 16.8 Å². The third-order valence-corrected chi connectivity index (χ3v) is 4.73. The molecule has 0 atom stereocenters. The first kappa shape index (κ1) is 15.0. The molecule has 0 aliphatic heterocycles. The van der Waals surface area contributed by atoms with Crippen molar-refractivity contribution in [3.63, 3.8) is 0 Å². The Morgan fingerprint density at radius 2 is 2.05 bits per heavy atom. The van der Waals surface area contributed by atoms with E-state index in [2.05, 4.69) is 12.2 Å². The number of amides is 1. The van der Waals surface area contributed by atoms with Crippen LogP contribution in [0, 0.1) is 5.41 Å². The summed E-state index contributed by atoms with van der Waals surface area (Å²) in [7, 11) is 0. The fourth-order valence-corrected chi connectivity index (χ4v) is 3.35. The van der Waals surface area contributed by atoms with Crippen LogP contribution in [0.2, 0.25) is 5.02 Å². The molecule has 4 nitrogen and oxygen atoms in total. The van der Waals surface area contributed by atoms with Gasteiger partial charge in [-0.2, -0.15) is 0 Å². The lowest BCUT2D eigenvalue weighted by atomic mass is 9.83. The first-order chi connectivity index (χ1) is 9.47. The van der Waals surface area contributed by atoms with Gasteiger partial charge >= 0.3 is 0 Å². The van der Waals surface area contributed by atoms with Crippen molar-refractivity contribution in [3.8, 4) is 0 Å². The summed E-state index contributed by atoms with van der Waals surface area (Å²) in [6.07, 6.45) is 6.10. The van der Waals surface area contributed by atoms with Gasteiger partial charge in [0, 0.05) is 12.2 Å². The fraction of sp³-hybridized carbons (Fsp3) is 0.533. The van der Waals surface area contributed by atoms with Crippen molar-refractivity contribution in [1.82, 2.24) is 0 Å². The van der Waals surface area contributed by atoms with Crippen LogP contribution in [0.5, 0.6) is 0 Å². The van der Waals surface area contributed by atoms with Crippen LogP contribution in [0.3, 0.4) is 0 Å². The number of primary amides is 1. The van der Waals surface area contributed by atoms with E-state index in [1.807, 2.05) is 0 Å².